The topological polar surface area (TPSA) is 128 Å². The Bertz CT molecular complexity index is 1210. The van der Waals surface area contributed by atoms with Crippen LogP contribution in [-0.4, -0.2) is 59.3 Å². The molecule has 0 unspecified atom stereocenters. The number of rotatable bonds is 8. The Kier molecular flexibility index (Phi) is 7.52. The predicted octanol–water partition coefficient (Wildman–Crippen LogP) is 3.50. The number of nitrogens with zero attached hydrogens (tertiary/aromatic N) is 3. The molecular formula is C28H35N7O2. The van der Waals surface area contributed by atoms with Gasteiger partial charge in [-0.25, -0.2) is 9.97 Å². The highest BCUT2D eigenvalue weighted by Crippen LogP contribution is 2.32. The molecule has 1 aliphatic carbocycles. The van der Waals surface area contributed by atoms with E-state index in [9.17, 15) is 9.90 Å². The van der Waals surface area contributed by atoms with Crippen molar-refractivity contribution in [2.75, 3.05) is 35.7 Å². The van der Waals surface area contributed by atoms with Crippen molar-refractivity contribution in [3.05, 3.63) is 60.3 Å². The van der Waals surface area contributed by atoms with Gasteiger partial charge in [-0.3, -0.25) is 4.79 Å². The molecule has 1 saturated heterocycles. The van der Waals surface area contributed by atoms with E-state index in [1.54, 1.807) is 0 Å². The molecule has 9 nitrogen and oxygen atoms in total. The molecule has 1 amide bonds. The second-order valence-corrected chi connectivity index (χ2v) is 9.88. The van der Waals surface area contributed by atoms with Gasteiger partial charge < -0.3 is 31.7 Å². The van der Waals surface area contributed by atoms with Gasteiger partial charge in [0.25, 0.3) is 5.91 Å². The zero-order chi connectivity index (χ0) is 25.8. The Labute approximate surface area is 217 Å². The van der Waals surface area contributed by atoms with Gasteiger partial charge in [-0.2, -0.15) is 0 Å². The monoisotopic (exact) mass is 501 g/mol. The van der Waals surface area contributed by atoms with Crippen molar-refractivity contribution < 1.29 is 9.90 Å². The Hall–Kier alpha value is -3.69. The molecule has 2 aliphatic rings. The van der Waals surface area contributed by atoms with Crippen LogP contribution in [0.1, 0.15) is 42.6 Å². The maximum absolute atomic E-state index is 12.4. The Balaban J connectivity index is 1.42. The summed E-state index contributed by atoms with van der Waals surface area (Å²) in [7, 11) is 2.02. The second kappa shape index (κ2) is 11.1. The summed E-state index contributed by atoms with van der Waals surface area (Å²) in [5, 5.41) is 20.1. The zero-order valence-electron chi connectivity index (χ0n) is 21.2. The third-order valence-corrected chi connectivity index (χ3v) is 7.32. The predicted molar refractivity (Wildman–Crippen MR) is 147 cm³/mol. The molecule has 1 aliphatic heterocycles. The first-order valence-electron chi connectivity index (χ1n) is 13.0. The highest BCUT2D eigenvalue weighted by molar-refractivity contribution is 5.97. The molecule has 2 fully saturated rings. The normalized spacial score (nSPS) is 20.1. The third kappa shape index (κ3) is 5.84. The third-order valence-electron chi connectivity index (χ3n) is 7.32. The summed E-state index contributed by atoms with van der Waals surface area (Å²) in [6, 6.07) is 18.4. The molecule has 37 heavy (non-hydrogen) atoms. The summed E-state index contributed by atoms with van der Waals surface area (Å²) >= 11 is 0. The van der Waals surface area contributed by atoms with Crippen molar-refractivity contribution in [2.24, 2.45) is 5.73 Å². The average molecular weight is 502 g/mol. The number of benzene rings is 2. The number of anilines is 4. The summed E-state index contributed by atoms with van der Waals surface area (Å²) in [6.07, 6.45) is 4.14. The van der Waals surface area contributed by atoms with Crippen molar-refractivity contribution in [3.63, 3.8) is 0 Å². The first-order chi connectivity index (χ1) is 18.0. The van der Waals surface area contributed by atoms with Crippen LogP contribution in [0.5, 0.6) is 0 Å². The summed E-state index contributed by atoms with van der Waals surface area (Å²) in [6.45, 7) is 2.03. The fraction of sp³-hybridized carbons (Fsp3) is 0.393. The molecule has 5 rings (SSSR count). The lowest BCUT2D eigenvalue weighted by Gasteiger charge is -2.33. The van der Waals surface area contributed by atoms with E-state index in [0.717, 1.165) is 50.0 Å². The van der Waals surface area contributed by atoms with Gasteiger partial charge in [-0.05, 0) is 63.4 Å². The van der Waals surface area contributed by atoms with Crippen molar-refractivity contribution in [1.29, 1.82) is 0 Å². The Morgan fingerprint density at radius 1 is 0.946 bits per heavy atom. The van der Waals surface area contributed by atoms with Crippen molar-refractivity contribution in [1.82, 2.24) is 15.3 Å². The molecule has 2 heterocycles. The van der Waals surface area contributed by atoms with Crippen LogP contribution in [0.4, 0.5) is 23.0 Å². The number of hydrogen-bond acceptors (Lipinski definition) is 8. The lowest BCUT2D eigenvalue weighted by atomic mass is 10.0. The molecular weight excluding hydrogens is 466 g/mol. The number of nitrogens with two attached hydrogens (primary N) is 1. The molecule has 0 bridgehead atoms. The van der Waals surface area contributed by atoms with Crippen LogP contribution >= 0.6 is 0 Å². The minimum absolute atomic E-state index is 0.0744. The largest absolute Gasteiger partial charge is 0.393 e. The standard InChI is InChI=1S/C28H35N7O2/c1-30-19-13-15-35(16-14-19)22-10-7-20(8-11-22)31-28-25(26(29)37)33-24(18-5-3-2-4-6-18)27(34-28)32-21-9-12-23(36)17-21/h2-8,10-11,19,21,23,30,36H,9,12-17H2,1H3,(H2,29,37)(H2,31,32,34)/t21-,23-/m1/s1. The first-order valence-corrected chi connectivity index (χ1v) is 13.0. The minimum Gasteiger partial charge on any atom is -0.393 e. The Morgan fingerprint density at radius 2 is 1.68 bits per heavy atom. The van der Waals surface area contributed by atoms with E-state index >= 15 is 0 Å². The minimum atomic E-state index is -0.654. The maximum atomic E-state index is 12.4. The van der Waals surface area contributed by atoms with E-state index in [2.05, 4.69) is 38.0 Å². The molecule has 1 saturated carbocycles. The van der Waals surface area contributed by atoms with Gasteiger partial charge in [0.05, 0.1) is 6.10 Å². The van der Waals surface area contributed by atoms with E-state index in [1.807, 2.05) is 49.5 Å². The number of primary amides is 1. The van der Waals surface area contributed by atoms with E-state index in [1.165, 1.54) is 5.69 Å². The molecule has 1 aromatic heterocycles. The number of aliphatic hydroxyl groups is 1. The fourth-order valence-electron chi connectivity index (χ4n) is 5.19. The molecule has 194 valence electrons. The van der Waals surface area contributed by atoms with Crippen LogP contribution in [-0.2, 0) is 0 Å². The van der Waals surface area contributed by atoms with Crippen LogP contribution in [0.3, 0.4) is 0 Å². The number of piperidine rings is 1. The van der Waals surface area contributed by atoms with Crippen LogP contribution in [0.2, 0.25) is 0 Å². The smallest absolute Gasteiger partial charge is 0.271 e. The molecule has 3 aromatic rings. The van der Waals surface area contributed by atoms with Gasteiger partial charge in [0.15, 0.2) is 17.3 Å². The van der Waals surface area contributed by atoms with Crippen LogP contribution in [0.15, 0.2) is 54.6 Å². The number of aliphatic hydroxyl groups excluding tert-OH is 1. The van der Waals surface area contributed by atoms with Gasteiger partial charge in [0.2, 0.25) is 0 Å². The molecule has 9 heteroatoms. The highest BCUT2D eigenvalue weighted by Gasteiger charge is 2.26. The second-order valence-electron chi connectivity index (χ2n) is 9.88. The van der Waals surface area contributed by atoms with Crippen molar-refractivity contribution in [3.8, 4) is 11.3 Å². The maximum Gasteiger partial charge on any atom is 0.271 e. The van der Waals surface area contributed by atoms with E-state index in [4.69, 9.17) is 10.7 Å². The number of carbonyl (C=O) groups excluding carboxylic acids is 1. The van der Waals surface area contributed by atoms with Crippen LogP contribution < -0.4 is 26.6 Å². The molecule has 2 aromatic carbocycles. The van der Waals surface area contributed by atoms with Crippen molar-refractivity contribution >= 4 is 28.9 Å². The number of carbonyl (C=O) groups is 1. The summed E-state index contributed by atoms with van der Waals surface area (Å²) in [5.41, 5.74) is 9.17. The van der Waals surface area contributed by atoms with Crippen molar-refractivity contribution in [2.45, 2.75) is 50.3 Å². The number of hydrogen-bond donors (Lipinski definition) is 5. The van der Waals surface area contributed by atoms with Crippen LogP contribution in [0, 0.1) is 0 Å². The molecule has 0 spiro atoms. The highest BCUT2D eigenvalue weighted by atomic mass is 16.3. The summed E-state index contributed by atoms with van der Waals surface area (Å²) in [5.74, 6) is 0.205. The Morgan fingerprint density at radius 3 is 2.30 bits per heavy atom. The average Bonchev–Trinajstić information content (AvgIpc) is 3.34. The number of nitrogens with one attached hydrogen (secondary N) is 3. The van der Waals surface area contributed by atoms with Gasteiger partial charge in [-0.15, -0.1) is 0 Å². The lowest BCUT2D eigenvalue weighted by Crippen LogP contribution is -2.41. The molecule has 6 N–H and O–H groups in total. The molecule has 0 radical (unpaired) electrons. The van der Waals surface area contributed by atoms with Crippen LogP contribution in [0.25, 0.3) is 11.3 Å². The number of aromatic nitrogens is 2. The SMILES string of the molecule is CNC1CCN(c2ccc(Nc3nc(N[C@@H]4CC[C@@H](O)C4)c(-c4ccccc4)nc3C(N)=O)cc2)CC1. The van der Waals surface area contributed by atoms with Gasteiger partial charge in [0, 0.05) is 42.1 Å². The van der Waals surface area contributed by atoms with E-state index in [0.29, 0.717) is 29.8 Å². The fourth-order valence-corrected chi connectivity index (χ4v) is 5.19. The lowest BCUT2D eigenvalue weighted by molar-refractivity contribution is 0.0996. The van der Waals surface area contributed by atoms with Gasteiger partial charge >= 0.3 is 0 Å². The molecule has 2 atom stereocenters. The van der Waals surface area contributed by atoms with Gasteiger partial charge in [0.1, 0.15) is 5.69 Å². The first kappa shape index (κ1) is 25.0. The van der Waals surface area contributed by atoms with E-state index in [-0.39, 0.29) is 17.8 Å². The summed E-state index contributed by atoms with van der Waals surface area (Å²) < 4.78 is 0. The summed E-state index contributed by atoms with van der Waals surface area (Å²) in [4.78, 5) is 24.3. The zero-order valence-corrected chi connectivity index (χ0v) is 21.2. The quantitative estimate of drug-likeness (QED) is 0.317. The van der Waals surface area contributed by atoms with E-state index < -0.39 is 5.91 Å². The van der Waals surface area contributed by atoms with Gasteiger partial charge in [-0.1, -0.05) is 30.3 Å². The number of amides is 1.